The van der Waals surface area contributed by atoms with Crippen LogP contribution in [0.3, 0.4) is 0 Å². The van der Waals surface area contributed by atoms with Crippen molar-refractivity contribution < 1.29 is 19.9 Å². The number of carboxylic acid groups (broad SMARTS) is 1. The summed E-state index contributed by atoms with van der Waals surface area (Å²) >= 11 is 3.17. The molecule has 0 aromatic heterocycles. The standard InChI is InChI=1S/C9H6BrNO4/c10-6-3-1-5(2-4-6)8(12)7(11-15)9(13)14/h1-4,15H,(H,13,14). The molecule has 1 aromatic carbocycles. The fourth-order valence-corrected chi connectivity index (χ4v) is 1.19. The number of aliphatic carboxylic acids is 1. The van der Waals surface area contributed by atoms with E-state index in [1.54, 1.807) is 12.1 Å². The molecule has 5 nitrogen and oxygen atoms in total. The van der Waals surface area contributed by atoms with E-state index in [-0.39, 0.29) is 5.56 Å². The minimum absolute atomic E-state index is 0.147. The molecule has 0 aliphatic rings. The molecule has 0 saturated carbocycles. The summed E-state index contributed by atoms with van der Waals surface area (Å²) in [6, 6.07) is 6.04. The molecule has 0 heterocycles. The number of hydrogen-bond donors (Lipinski definition) is 2. The Balaban J connectivity index is 3.04. The molecular weight excluding hydrogens is 266 g/mol. The fourth-order valence-electron chi connectivity index (χ4n) is 0.923. The molecule has 0 unspecified atom stereocenters. The van der Waals surface area contributed by atoms with Crippen molar-refractivity contribution in [3.05, 3.63) is 34.3 Å². The van der Waals surface area contributed by atoms with Crippen LogP contribution in [0.2, 0.25) is 0 Å². The number of rotatable bonds is 3. The number of carboxylic acids is 1. The minimum Gasteiger partial charge on any atom is -0.476 e. The molecule has 0 aliphatic heterocycles. The van der Waals surface area contributed by atoms with Crippen molar-refractivity contribution in [1.82, 2.24) is 0 Å². The number of nitrogens with zero attached hydrogens (tertiary/aromatic N) is 1. The minimum atomic E-state index is -1.56. The zero-order chi connectivity index (χ0) is 11.4. The zero-order valence-corrected chi connectivity index (χ0v) is 8.93. The number of oxime groups is 1. The molecule has 0 spiro atoms. The maximum Gasteiger partial charge on any atom is 0.362 e. The van der Waals surface area contributed by atoms with Gasteiger partial charge in [0.15, 0.2) is 0 Å². The summed E-state index contributed by atoms with van der Waals surface area (Å²) in [4.78, 5) is 21.9. The topological polar surface area (TPSA) is 87.0 Å². The molecule has 0 fully saturated rings. The zero-order valence-electron chi connectivity index (χ0n) is 7.35. The highest BCUT2D eigenvalue weighted by atomic mass is 79.9. The van der Waals surface area contributed by atoms with E-state index >= 15 is 0 Å². The summed E-state index contributed by atoms with van der Waals surface area (Å²) < 4.78 is 0.761. The largest absolute Gasteiger partial charge is 0.476 e. The first-order chi connectivity index (χ1) is 7.06. The SMILES string of the molecule is O=C(O)C(=NO)C(=O)c1ccc(Br)cc1. The summed E-state index contributed by atoms with van der Waals surface area (Å²) in [7, 11) is 0. The molecule has 6 heteroatoms. The number of halogens is 1. The Labute approximate surface area is 93.2 Å². The Morgan fingerprint density at radius 1 is 1.20 bits per heavy atom. The second kappa shape index (κ2) is 4.70. The van der Waals surface area contributed by atoms with Crippen molar-refractivity contribution >= 4 is 33.4 Å². The molecule has 78 valence electrons. The van der Waals surface area contributed by atoms with E-state index in [9.17, 15) is 9.59 Å². The first-order valence-electron chi connectivity index (χ1n) is 3.82. The van der Waals surface area contributed by atoms with Crippen LogP contribution in [0.5, 0.6) is 0 Å². The van der Waals surface area contributed by atoms with Crippen LogP contribution in [0.4, 0.5) is 0 Å². The van der Waals surface area contributed by atoms with E-state index in [2.05, 4.69) is 21.1 Å². The van der Waals surface area contributed by atoms with E-state index in [0.717, 1.165) is 4.47 Å². The Morgan fingerprint density at radius 3 is 2.13 bits per heavy atom. The third-order valence-corrected chi connectivity index (χ3v) is 2.15. The molecule has 0 amide bonds. The number of carbonyl (C=O) groups is 2. The number of benzene rings is 1. The molecule has 0 atom stereocenters. The lowest BCUT2D eigenvalue weighted by atomic mass is 10.1. The van der Waals surface area contributed by atoms with Crippen LogP contribution in [0.1, 0.15) is 10.4 Å². The fraction of sp³-hybridized carbons (Fsp3) is 0. The summed E-state index contributed by atoms with van der Waals surface area (Å²) in [6.45, 7) is 0. The van der Waals surface area contributed by atoms with Gasteiger partial charge in [0.2, 0.25) is 11.5 Å². The van der Waals surface area contributed by atoms with Gasteiger partial charge in [0.05, 0.1) is 0 Å². The highest BCUT2D eigenvalue weighted by Crippen LogP contribution is 2.11. The van der Waals surface area contributed by atoms with Crippen LogP contribution in [0, 0.1) is 0 Å². The Bertz CT molecular complexity index is 424. The molecule has 0 bridgehead atoms. The van der Waals surface area contributed by atoms with Crippen LogP contribution in [-0.4, -0.2) is 27.8 Å². The maximum atomic E-state index is 11.4. The maximum absolute atomic E-state index is 11.4. The predicted molar refractivity (Wildman–Crippen MR) is 55.3 cm³/mol. The average molecular weight is 272 g/mol. The van der Waals surface area contributed by atoms with Crippen molar-refractivity contribution in [2.24, 2.45) is 5.16 Å². The smallest absolute Gasteiger partial charge is 0.362 e. The molecular formula is C9H6BrNO4. The Hall–Kier alpha value is -1.69. The second-order valence-electron chi connectivity index (χ2n) is 2.59. The number of ketones is 1. The van der Waals surface area contributed by atoms with E-state index < -0.39 is 17.5 Å². The van der Waals surface area contributed by atoms with E-state index in [1.807, 2.05) is 0 Å². The second-order valence-corrected chi connectivity index (χ2v) is 3.51. The van der Waals surface area contributed by atoms with Crippen LogP contribution >= 0.6 is 15.9 Å². The third kappa shape index (κ3) is 2.63. The highest BCUT2D eigenvalue weighted by Gasteiger charge is 2.21. The van der Waals surface area contributed by atoms with Crippen molar-refractivity contribution in [2.75, 3.05) is 0 Å². The monoisotopic (exact) mass is 271 g/mol. The van der Waals surface area contributed by atoms with Gasteiger partial charge in [-0.2, -0.15) is 0 Å². The quantitative estimate of drug-likeness (QED) is 0.287. The van der Waals surface area contributed by atoms with Gasteiger partial charge in [-0.25, -0.2) is 4.79 Å². The van der Waals surface area contributed by atoms with E-state index in [1.165, 1.54) is 12.1 Å². The Morgan fingerprint density at radius 2 is 1.73 bits per heavy atom. The molecule has 0 aliphatic carbocycles. The predicted octanol–water partition coefficient (Wildman–Crippen LogP) is 1.55. The molecule has 0 saturated heterocycles. The molecule has 15 heavy (non-hydrogen) atoms. The lowest BCUT2D eigenvalue weighted by Gasteiger charge is -1.99. The van der Waals surface area contributed by atoms with Crippen LogP contribution in [-0.2, 0) is 4.79 Å². The van der Waals surface area contributed by atoms with Crippen molar-refractivity contribution in [1.29, 1.82) is 0 Å². The number of Topliss-reactive ketones (excluding diaryl/α,β-unsaturated/α-hetero) is 1. The summed E-state index contributed by atoms with van der Waals surface area (Å²) in [5.74, 6) is -2.40. The molecule has 0 radical (unpaired) electrons. The van der Waals surface area contributed by atoms with Crippen LogP contribution in [0.15, 0.2) is 33.9 Å². The summed E-state index contributed by atoms with van der Waals surface area (Å²) in [5.41, 5.74) is -0.759. The van der Waals surface area contributed by atoms with Gasteiger partial charge in [0.1, 0.15) is 0 Å². The van der Waals surface area contributed by atoms with Crippen LogP contribution < -0.4 is 0 Å². The van der Waals surface area contributed by atoms with Crippen molar-refractivity contribution in [3.8, 4) is 0 Å². The van der Waals surface area contributed by atoms with Gasteiger partial charge in [-0.3, -0.25) is 4.79 Å². The van der Waals surface area contributed by atoms with Gasteiger partial charge in [0, 0.05) is 10.0 Å². The first-order valence-corrected chi connectivity index (χ1v) is 4.61. The van der Waals surface area contributed by atoms with Gasteiger partial charge in [-0.05, 0) is 24.3 Å². The lowest BCUT2D eigenvalue weighted by Crippen LogP contribution is -2.23. The molecule has 1 aromatic rings. The Kier molecular flexibility index (Phi) is 3.56. The average Bonchev–Trinajstić information content (AvgIpc) is 2.19. The van der Waals surface area contributed by atoms with Crippen LogP contribution in [0.25, 0.3) is 0 Å². The van der Waals surface area contributed by atoms with Gasteiger partial charge in [-0.15, -0.1) is 0 Å². The van der Waals surface area contributed by atoms with Gasteiger partial charge in [0.25, 0.3) is 0 Å². The molecule has 1 rings (SSSR count). The highest BCUT2D eigenvalue weighted by molar-refractivity contribution is 9.10. The van der Waals surface area contributed by atoms with Crippen molar-refractivity contribution in [2.45, 2.75) is 0 Å². The normalized spacial score (nSPS) is 11.1. The summed E-state index contributed by atoms with van der Waals surface area (Å²) in [5, 5.41) is 19.3. The number of hydrogen-bond acceptors (Lipinski definition) is 4. The third-order valence-electron chi connectivity index (χ3n) is 1.62. The van der Waals surface area contributed by atoms with E-state index in [0.29, 0.717) is 0 Å². The number of carbonyl (C=O) groups excluding carboxylic acids is 1. The van der Waals surface area contributed by atoms with Crippen molar-refractivity contribution in [3.63, 3.8) is 0 Å². The van der Waals surface area contributed by atoms with Gasteiger partial charge in [-0.1, -0.05) is 21.1 Å². The van der Waals surface area contributed by atoms with Gasteiger partial charge < -0.3 is 10.3 Å². The van der Waals surface area contributed by atoms with E-state index in [4.69, 9.17) is 10.3 Å². The first kappa shape index (κ1) is 11.4. The summed E-state index contributed by atoms with van der Waals surface area (Å²) in [6.07, 6.45) is 0. The molecule has 2 N–H and O–H groups in total. The lowest BCUT2D eigenvalue weighted by molar-refractivity contribution is -0.129. The van der Waals surface area contributed by atoms with Gasteiger partial charge >= 0.3 is 5.97 Å².